The third-order valence-electron chi connectivity index (χ3n) is 3.51. The number of hydrogen-bond acceptors (Lipinski definition) is 3. The number of pyridine rings is 1. The summed E-state index contributed by atoms with van der Waals surface area (Å²) in [6, 6.07) is 18.1. The Bertz CT molecular complexity index is 985. The zero-order valence-corrected chi connectivity index (χ0v) is 13.6. The van der Waals surface area contributed by atoms with Crippen molar-refractivity contribution >= 4 is 11.6 Å². The van der Waals surface area contributed by atoms with E-state index in [1.165, 1.54) is 0 Å². The molecule has 0 unspecified atom stereocenters. The Balaban J connectivity index is 1.95. The second-order valence-corrected chi connectivity index (χ2v) is 5.65. The number of hydrogen-bond donors (Lipinski definition) is 1. The lowest BCUT2D eigenvalue weighted by atomic mass is 10.0. The van der Waals surface area contributed by atoms with Gasteiger partial charge in [0.2, 0.25) is 0 Å². The molecule has 1 N–H and O–H groups in total. The molecule has 0 saturated heterocycles. The van der Waals surface area contributed by atoms with Gasteiger partial charge in [0.05, 0.1) is 5.02 Å². The van der Waals surface area contributed by atoms with E-state index in [4.69, 9.17) is 16.3 Å². The van der Waals surface area contributed by atoms with Gasteiger partial charge < -0.3 is 9.72 Å². The second-order valence-electron chi connectivity index (χ2n) is 5.24. The first-order valence-corrected chi connectivity index (χ1v) is 7.63. The van der Waals surface area contributed by atoms with Gasteiger partial charge >= 0.3 is 0 Å². The smallest absolute Gasteiger partial charge is 0.266 e. The van der Waals surface area contributed by atoms with Crippen LogP contribution in [-0.4, -0.2) is 4.98 Å². The van der Waals surface area contributed by atoms with E-state index in [0.29, 0.717) is 27.8 Å². The van der Waals surface area contributed by atoms with Crippen LogP contribution in [0.4, 0.5) is 0 Å². The Labute approximate surface area is 143 Å². The van der Waals surface area contributed by atoms with Crippen LogP contribution in [0, 0.1) is 18.3 Å². The lowest BCUT2D eigenvalue weighted by Gasteiger charge is -2.09. The van der Waals surface area contributed by atoms with Crippen LogP contribution >= 0.6 is 11.6 Å². The summed E-state index contributed by atoms with van der Waals surface area (Å²) in [6.45, 7) is 1.78. The number of nitriles is 1. The molecule has 0 aliphatic heterocycles. The van der Waals surface area contributed by atoms with Gasteiger partial charge in [0.15, 0.2) is 0 Å². The molecule has 1 heterocycles. The van der Waals surface area contributed by atoms with E-state index in [-0.39, 0.29) is 11.1 Å². The zero-order chi connectivity index (χ0) is 17.1. The van der Waals surface area contributed by atoms with E-state index >= 15 is 0 Å². The molecule has 3 rings (SSSR count). The number of para-hydroxylation sites is 1. The predicted octanol–water partition coefficient (Wildman–Crippen LogP) is 4.67. The molecule has 0 aliphatic rings. The number of H-pyrrole nitrogens is 1. The summed E-state index contributed by atoms with van der Waals surface area (Å²) in [5.74, 6) is 1.18. The highest BCUT2D eigenvalue weighted by Crippen LogP contribution is 2.30. The summed E-state index contributed by atoms with van der Waals surface area (Å²) in [4.78, 5) is 14.5. The van der Waals surface area contributed by atoms with E-state index in [9.17, 15) is 10.1 Å². The molecule has 2 aromatic carbocycles. The van der Waals surface area contributed by atoms with Crippen LogP contribution in [0.2, 0.25) is 5.02 Å². The molecule has 0 fully saturated rings. The van der Waals surface area contributed by atoms with Gasteiger partial charge in [0.25, 0.3) is 5.56 Å². The topological polar surface area (TPSA) is 65.9 Å². The van der Waals surface area contributed by atoms with Crippen molar-refractivity contribution in [3.05, 3.63) is 81.2 Å². The number of benzene rings is 2. The summed E-state index contributed by atoms with van der Waals surface area (Å²) in [5.41, 5.74) is 1.78. The SMILES string of the molecule is Cc1cc(-c2ccc(Oc3ccccc3Cl)cc2)c(C#N)c(=O)[nH]1. The molecule has 3 aromatic rings. The summed E-state index contributed by atoms with van der Waals surface area (Å²) >= 11 is 6.08. The van der Waals surface area contributed by atoms with Gasteiger partial charge in [-0.3, -0.25) is 4.79 Å². The van der Waals surface area contributed by atoms with Crippen LogP contribution < -0.4 is 10.3 Å². The van der Waals surface area contributed by atoms with Crippen LogP contribution in [0.25, 0.3) is 11.1 Å². The normalized spacial score (nSPS) is 10.2. The lowest BCUT2D eigenvalue weighted by Crippen LogP contribution is -2.12. The first-order valence-electron chi connectivity index (χ1n) is 7.25. The molecule has 4 nitrogen and oxygen atoms in total. The second kappa shape index (κ2) is 6.61. The molecule has 0 atom stereocenters. The van der Waals surface area contributed by atoms with Gasteiger partial charge in [0, 0.05) is 11.3 Å². The van der Waals surface area contributed by atoms with E-state index in [0.717, 1.165) is 5.56 Å². The number of ether oxygens (including phenoxy) is 1. The number of aromatic amines is 1. The minimum atomic E-state index is -0.385. The fourth-order valence-corrected chi connectivity index (χ4v) is 2.56. The molecule has 0 aliphatic carbocycles. The molecule has 0 bridgehead atoms. The molecule has 24 heavy (non-hydrogen) atoms. The maximum Gasteiger partial charge on any atom is 0.266 e. The van der Waals surface area contributed by atoms with Crippen LogP contribution in [-0.2, 0) is 0 Å². The number of nitrogens with one attached hydrogen (secondary N) is 1. The monoisotopic (exact) mass is 336 g/mol. The molecule has 0 saturated carbocycles. The maximum absolute atomic E-state index is 11.9. The van der Waals surface area contributed by atoms with Crippen molar-refractivity contribution in [3.8, 4) is 28.7 Å². The zero-order valence-electron chi connectivity index (χ0n) is 12.8. The Hall–Kier alpha value is -3.03. The third kappa shape index (κ3) is 3.17. The Morgan fingerprint density at radius 2 is 1.83 bits per heavy atom. The lowest BCUT2D eigenvalue weighted by molar-refractivity contribution is 0.483. The predicted molar refractivity (Wildman–Crippen MR) is 93.5 cm³/mol. The Morgan fingerprint density at radius 1 is 1.12 bits per heavy atom. The van der Waals surface area contributed by atoms with Crippen molar-refractivity contribution in [2.75, 3.05) is 0 Å². The third-order valence-corrected chi connectivity index (χ3v) is 3.82. The molecule has 0 amide bonds. The van der Waals surface area contributed by atoms with Crippen molar-refractivity contribution in [3.63, 3.8) is 0 Å². The minimum absolute atomic E-state index is 0.0976. The summed E-state index contributed by atoms with van der Waals surface area (Å²) < 4.78 is 5.74. The van der Waals surface area contributed by atoms with Crippen molar-refractivity contribution in [1.29, 1.82) is 5.26 Å². The molecule has 1 aromatic heterocycles. The van der Waals surface area contributed by atoms with Crippen LogP contribution in [0.1, 0.15) is 11.3 Å². The van der Waals surface area contributed by atoms with Gasteiger partial charge in [-0.05, 0) is 42.8 Å². The standard InChI is InChI=1S/C19H13ClN2O2/c1-12-10-15(16(11-21)19(23)22-12)13-6-8-14(9-7-13)24-18-5-3-2-4-17(18)20/h2-10H,1H3,(H,22,23). The largest absolute Gasteiger partial charge is 0.456 e. The van der Waals surface area contributed by atoms with Crippen LogP contribution in [0.15, 0.2) is 59.4 Å². The fourth-order valence-electron chi connectivity index (χ4n) is 2.38. The quantitative estimate of drug-likeness (QED) is 0.756. The Morgan fingerprint density at radius 3 is 2.50 bits per heavy atom. The van der Waals surface area contributed by atoms with Gasteiger partial charge in [-0.2, -0.15) is 5.26 Å². The van der Waals surface area contributed by atoms with Gasteiger partial charge in [-0.15, -0.1) is 0 Å². The summed E-state index contributed by atoms with van der Waals surface area (Å²) in [6.07, 6.45) is 0. The van der Waals surface area contributed by atoms with Crippen molar-refractivity contribution in [2.45, 2.75) is 6.92 Å². The number of rotatable bonds is 3. The minimum Gasteiger partial charge on any atom is -0.456 e. The molecular formula is C19H13ClN2O2. The van der Waals surface area contributed by atoms with Crippen molar-refractivity contribution in [2.24, 2.45) is 0 Å². The maximum atomic E-state index is 11.9. The number of halogens is 1. The summed E-state index contributed by atoms with van der Waals surface area (Å²) in [7, 11) is 0. The highest BCUT2D eigenvalue weighted by Gasteiger charge is 2.10. The van der Waals surface area contributed by atoms with Gasteiger partial charge in [-0.25, -0.2) is 0 Å². The molecular weight excluding hydrogens is 324 g/mol. The fraction of sp³-hybridized carbons (Fsp3) is 0.0526. The van der Waals surface area contributed by atoms with E-state index in [2.05, 4.69) is 4.98 Å². The first-order chi connectivity index (χ1) is 11.6. The van der Waals surface area contributed by atoms with Gasteiger partial charge in [0.1, 0.15) is 23.1 Å². The van der Waals surface area contributed by atoms with Crippen LogP contribution in [0.5, 0.6) is 11.5 Å². The van der Waals surface area contributed by atoms with E-state index in [1.807, 2.05) is 18.2 Å². The molecule has 0 spiro atoms. The van der Waals surface area contributed by atoms with E-state index < -0.39 is 0 Å². The van der Waals surface area contributed by atoms with Crippen molar-refractivity contribution in [1.82, 2.24) is 4.98 Å². The summed E-state index contributed by atoms with van der Waals surface area (Å²) in [5, 5.41) is 9.75. The highest BCUT2D eigenvalue weighted by molar-refractivity contribution is 6.32. The average molecular weight is 337 g/mol. The highest BCUT2D eigenvalue weighted by atomic mass is 35.5. The Kier molecular flexibility index (Phi) is 4.37. The molecule has 5 heteroatoms. The number of aromatic nitrogens is 1. The molecule has 0 radical (unpaired) electrons. The molecule has 118 valence electrons. The number of aryl methyl sites for hydroxylation is 1. The van der Waals surface area contributed by atoms with Crippen LogP contribution in [0.3, 0.4) is 0 Å². The number of nitrogens with zero attached hydrogens (tertiary/aromatic N) is 1. The van der Waals surface area contributed by atoms with E-state index in [1.54, 1.807) is 49.4 Å². The van der Waals surface area contributed by atoms with Crippen molar-refractivity contribution < 1.29 is 4.74 Å². The first kappa shape index (κ1) is 15.9. The van der Waals surface area contributed by atoms with Gasteiger partial charge in [-0.1, -0.05) is 35.9 Å². The average Bonchev–Trinajstić information content (AvgIpc) is 2.57.